The lowest BCUT2D eigenvalue weighted by Gasteiger charge is -2.30. The molecule has 31 heavy (non-hydrogen) atoms. The highest BCUT2D eigenvalue weighted by Crippen LogP contribution is 2.29. The first-order chi connectivity index (χ1) is 14.7. The molecular formula is C20H25N5O5S. The predicted molar refractivity (Wildman–Crippen MR) is 117 cm³/mol. The molecule has 0 aliphatic heterocycles. The Hall–Kier alpha value is -3.47. The molecule has 2 aromatic rings. The smallest absolute Gasteiger partial charge is 0.325 e. The van der Waals surface area contributed by atoms with Gasteiger partial charge in [0.15, 0.2) is 5.69 Å². The van der Waals surface area contributed by atoms with Gasteiger partial charge in [-0.2, -0.15) is 4.37 Å². The molecule has 5 N–H and O–H groups in total. The van der Waals surface area contributed by atoms with E-state index < -0.39 is 29.7 Å². The maximum Gasteiger partial charge on any atom is 0.325 e. The molecular weight excluding hydrogens is 422 g/mol. The Labute approximate surface area is 183 Å². The fourth-order valence-corrected chi connectivity index (χ4v) is 3.66. The molecule has 1 unspecified atom stereocenters. The number of carbonyl (C=O) groups excluding carboxylic acids is 4. The number of nitrogens with zero attached hydrogens (tertiary/aromatic N) is 2. The molecule has 1 heterocycles. The number of aryl methyl sites for hydroxylation is 1. The van der Waals surface area contributed by atoms with Gasteiger partial charge in [-0.15, -0.1) is 0 Å². The van der Waals surface area contributed by atoms with Gasteiger partial charge in [-0.3, -0.25) is 24.1 Å². The fraction of sp³-hybridized carbons (Fsp3) is 0.350. The number of nitrogens with two attached hydrogens (primary N) is 2. The SMILES string of the molecule is CCOC(=O)CNC(=O)C(C)N(C(=O)c1snc(C(N)=O)c1N)c1ccccc1CC. The highest BCUT2D eigenvalue weighted by atomic mass is 32.1. The number of carbonyl (C=O) groups is 4. The third kappa shape index (κ3) is 5.37. The molecule has 1 aromatic carbocycles. The van der Waals surface area contributed by atoms with Crippen molar-refractivity contribution >= 4 is 46.6 Å². The number of hydrogen-bond donors (Lipinski definition) is 3. The van der Waals surface area contributed by atoms with Gasteiger partial charge in [0.1, 0.15) is 17.5 Å². The van der Waals surface area contributed by atoms with Crippen LogP contribution in [0.1, 0.15) is 46.5 Å². The van der Waals surface area contributed by atoms with Gasteiger partial charge in [-0.25, -0.2) is 0 Å². The highest BCUT2D eigenvalue weighted by Gasteiger charge is 2.33. The van der Waals surface area contributed by atoms with E-state index in [1.165, 1.54) is 11.8 Å². The number of nitrogens with one attached hydrogen (secondary N) is 1. The zero-order valence-electron chi connectivity index (χ0n) is 17.5. The van der Waals surface area contributed by atoms with E-state index in [1.807, 2.05) is 19.1 Å². The van der Waals surface area contributed by atoms with Crippen LogP contribution in [0.2, 0.25) is 0 Å². The van der Waals surface area contributed by atoms with Crippen molar-refractivity contribution in [3.8, 4) is 0 Å². The Balaban J connectivity index is 2.44. The maximum absolute atomic E-state index is 13.4. The minimum atomic E-state index is -1.01. The summed E-state index contributed by atoms with van der Waals surface area (Å²) in [5.74, 6) is -2.62. The van der Waals surface area contributed by atoms with Gasteiger partial charge in [-0.1, -0.05) is 25.1 Å². The van der Waals surface area contributed by atoms with E-state index in [4.69, 9.17) is 16.2 Å². The summed E-state index contributed by atoms with van der Waals surface area (Å²) in [6.45, 7) is 4.95. The van der Waals surface area contributed by atoms with E-state index >= 15 is 0 Å². The average Bonchev–Trinajstić information content (AvgIpc) is 3.14. The van der Waals surface area contributed by atoms with Crippen molar-refractivity contribution in [1.29, 1.82) is 0 Å². The number of aromatic nitrogens is 1. The van der Waals surface area contributed by atoms with E-state index in [0.29, 0.717) is 12.1 Å². The summed E-state index contributed by atoms with van der Waals surface area (Å²) < 4.78 is 8.68. The molecule has 0 saturated carbocycles. The molecule has 11 heteroatoms. The van der Waals surface area contributed by atoms with Crippen molar-refractivity contribution in [3.63, 3.8) is 0 Å². The van der Waals surface area contributed by atoms with Crippen LogP contribution in [0.4, 0.5) is 11.4 Å². The number of hydrogen-bond acceptors (Lipinski definition) is 8. The van der Waals surface area contributed by atoms with Crippen molar-refractivity contribution in [2.45, 2.75) is 33.2 Å². The molecule has 3 amide bonds. The first-order valence-corrected chi connectivity index (χ1v) is 10.4. The number of anilines is 2. The van der Waals surface area contributed by atoms with Crippen LogP contribution in [0.25, 0.3) is 0 Å². The topological polar surface area (TPSA) is 158 Å². The molecule has 2 rings (SSSR count). The number of para-hydroxylation sites is 1. The minimum Gasteiger partial charge on any atom is -0.465 e. The molecule has 0 fully saturated rings. The summed E-state index contributed by atoms with van der Waals surface area (Å²) in [5, 5.41) is 2.47. The van der Waals surface area contributed by atoms with Gasteiger partial charge in [0.05, 0.1) is 12.3 Å². The van der Waals surface area contributed by atoms with Gasteiger partial charge in [0.25, 0.3) is 11.8 Å². The van der Waals surface area contributed by atoms with Gasteiger partial charge in [-0.05, 0) is 43.4 Å². The lowest BCUT2D eigenvalue weighted by atomic mass is 10.1. The Morgan fingerprint density at radius 2 is 1.90 bits per heavy atom. The zero-order valence-corrected chi connectivity index (χ0v) is 18.3. The van der Waals surface area contributed by atoms with Crippen LogP contribution in [-0.2, 0) is 20.7 Å². The van der Waals surface area contributed by atoms with E-state index in [9.17, 15) is 19.2 Å². The van der Waals surface area contributed by atoms with Crippen molar-refractivity contribution in [2.75, 3.05) is 23.8 Å². The zero-order chi connectivity index (χ0) is 23.1. The third-order valence-electron chi connectivity index (χ3n) is 4.49. The number of primary amides is 1. The summed E-state index contributed by atoms with van der Waals surface area (Å²) >= 11 is 0.730. The summed E-state index contributed by atoms with van der Waals surface area (Å²) in [5.41, 5.74) is 12.2. The molecule has 0 radical (unpaired) electrons. The number of nitrogen functional groups attached to an aromatic ring is 1. The Bertz CT molecular complexity index is 990. The number of ether oxygens (including phenoxy) is 1. The Kier molecular flexibility index (Phi) is 8.08. The molecule has 1 atom stereocenters. The van der Waals surface area contributed by atoms with Crippen molar-refractivity contribution in [3.05, 3.63) is 40.4 Å². The van der Waals surface area contributed by atoms with Crippen LogP contribution in [0.15, 0.2) is 24.3 Å². The number of amides is 3. The summed E-state index contributed by atoms with van der Waals surface area (Å²) in [6, 6.07) is 6.10. The van der Waals surface area contributed by atoms with Crippen molar-refractivity contribution in [1.82, 2.24) is 9.69 Å². The maximum atomic E-state index is 13.4. The van der Waals surface area contributed by atoms with Crippen LogP contribution < -0.4 is 21.7 Å². The van der Waals surface area contributed by atoms with E-state index in [-0.39, 0.29) is 29.4 Å². The summed E-state index contributed by atoms with van der Waals surface area (Å²) in [7, 11) is 0. The predicted octanol–water partition coefficient (Wildman–Crippen LogP) is 1.10. The van der Waals surface area contributed by atoms with E-state index in [0.717, 1.165) is 17.1 Å². The monoisotopic (exact) mass is 447 g/mol. The van der Waals surface area contributed by atoms with Crippen LogP contribution in [-0.4, -0.2) is 47.3 Å². The van der Waals surface area contributed by atoms with Crippen molar-refractivity contribution < 1.29 is 23.9 Å². The second-order valence-electron chi connectivity index (χ2n) is 6.49. The van der Waals surface area contributed by atoms with E-state index in [1.54, 1.807) is 19.1 Å². The van der Waals surface area contributed by atoms with Gasteiger partial charge in [0.2, 0.25) is 5.91 Å². The molecule has 1 aromatic heterocycles. The van der Waals surface area contributed by atoms with Crippen LogP contribution >= 0.6 is 11.5 Å². The normalized spacial score (nSPS) is 11.5. The molecule has 10 nitrogen and oxygen atoms in total. The highest BCUT2D eigenvalue weighted by molar-refractivity contribution is 7.09. The lowest BCUT2D eigenvalue weighted by Crippen LogP contribution is -2.49. The van der Waals surface area contributed by atoms with Gasteiger partial charge in [0, 0.05) is 5.69 Å². The molecule has 0 spiro atoms. The van der Waals surface area contributed by atoms with Crippen molar-refractivity contribution in [2.24, 2.45) is 5.73 Å². The number of benzene rings is 1. The first-order valence-electron chi connectivity index (χ1n) is 9.62. The van der Waals surface area contributed by atoms with Crippen LogP contribution in [0.5, 0.6) is 0 Å². The number of rotatable bonds is 9. The Morgan fingerprint density at radius 1 is 1.23 bits per heavy atom. The van der Waals surface area contributed by atoms with Gasteiger partial charge >= 0.3 is 5.97 Å². The summed E-state index contributed by atoms with van der Waals surface area (Å²) in [6.07, 6.45) is 0.599. The standard InChI is InChI=1S/C20H25N5O5S/c1-4-12-8-6-7-9-13(12)25(11(3)19(28)23-10-14(26)30-5-2)20(29)17-15(21)16(18(22)27)24-31-17/h6-9,11H,4-5,10,21H2,1-3H3,(H2,22,27)(H,23,28). The third-order valence-corrected chi connectivity index (χ3v) is 5.34. The van der Waals surface area contributed by atoms with Gasteiger partial charge < -0.3 is 21.5 Å². The molecule has 0 aliphatic rings. The minimum absolute atomic E-state index is 0.00949. The molecule has 166 valence electrons. The average molecular weight is 448 g/mol. The lowest BCUT2D eigenvalue weighted by molar-refractivity contribution is -0.143. The van der Waals surface area contributed by atoms with E-state index in [2.05, 4.69) is 9.69 Å². The molecule has 0 saturated heterocycles. The molecule has 0 aliphatic carbocycles. The Morgan fingerprint density at radius 3 is 2.48 bits per heavy atom. The van der Waals surface area contributed by atoms with Crippen LogP contribution in [0.3, 0.4) is 0 Å². The first kappa shape index (κ1) is 23.8. The quantitative estimate of drug-likeness (QED) is 0.486. The fourth-order valence-electron chi connectivity index (χ4n) is 2.91. The molecule has 0 bridgehead atoms. The second-order valence-corrected chi connectivity index (χ2v) is 7.27. The summed E-state index contributed by atoms with van der Waals surface area (Å²) in [4.78, 5) is 50.6. The number of esters is 1. The van der Waals surface area contributed by atoms with Crippen LogP contribution in [0, 0.1) is 0 Å². The second kappa shape index (κ2) is 10.5. The largest absolute Gasteiger partial charge is 0.465 e.